The average Bonchev–Trinajstić information content (AvgIpc) is 2.52. The van der Waals surface area contributed by atoms with Gasteiger partial charge < -0.3 is 20.1 Å². The Morgan fingerprint density at radius 2 is 2.23 bits per heavy atom. The third-order valence-electron chi connectivity index (χ3n) is 3.89. The Bertz CT molecular complexity index is 491. The van der Waals surface area contributed by atoms with Crippen LogP contribution in [0, 0.1) is 0 Å². The number of nitrogens with one attached hydrogen (secondary N) is 1. The first-order valence-electron chi connectivity index (χ1n) is 7.98. The Labute approximate surface area is 132 Å². The van der Waals surface area contributed by atoms with Crippen LogP contribution in [0.15, 0.2) is 24.3 Å². The molecule has 1 aliphatic rings. The molecule has 1 aromatic carbocycles. The predicted molar refractivity (Wildman–Crippen MR) is 85.8 cm³/mol. The van der Waals surface area contributed by atoms with Crippen molar-refractivity contribution in [3.8, 4) is 0 Å². The maximum absolute atomic E-state index is 12.3. The van der Waals surface area contributed by atoms with Crippen molar-refractivity contribution in [1.82, 2.24) is 10.2 Å². The molecular formula is C17H26N2O3. The van der Waals surface area contributed by atoms with Crippen LogP contribution in [-0.4, -0.2) is 48.4 Å². The van der Waals surface area contributed by atoms with Crippen molar-refractivity contribution >= 4 is 6.03 Å². The van der Waals surface area contributed by atoms with Crippen molar-refractivity contribution in [2.75, 3.05) is 26.3 Å². The van der Waals surface area contributed by atoms with Crippen LogP contribution in [0.25, 0.3) is 0 Å². The summed E-state index contributed by atoms with van der Waals surface area (Å²) in [6.45, 7) is 5.80. The van der Waals surface area contributed by atoms with E-state index in [0.717, 1.165) is 18.4 Å². The quantitative estimate of drug-likeness (QED) is 0.791. The van der Waals surface area contributed by atoms with E-state index in [0.29, 0.717) is 19.7 Å². The highest BCUT2D eigenvalue weighted by atomic mass is 16.5. The predicted octanol–water partition coefficient (Wildman–Crippen LogP) is 2.10. The Hall–Kier alpha value is -1.59. The highest BCUT2D eigenvalue weighted by molar-refractivity contribution is 5.75. The largest absolute Gasteiger partial charge is 0.394 e. The molecule has 0 spiro atoms. The molecule has 22 heavy (non-hydrogen) atoms. The van der Waals surface area contributed by atoms with Gasteiger partial charge in [0.1, 0.15) is 0 Å². The SMILES string of the molecule is CC(C)OCCCNC(=O)N1CCc2ccccc2C1CO. The molecule has 2 amide bonds. The Morgan fingerprint density at radius 1 is 1.45 bits per heavy atom. The molecule has 1 aliphatic heterocycles. The fourth-order valence-electron chi connectivity index (χ4n) is 2.78. The van der Waals surface area contributed by atoms with Crippen molar-refractivity contribution in [3.05, 3.63) is 35.4 Å². The Balaban J connectivity index is 1.88. The fourth-order valence-corrected chi connectivity index (χ4v) is 2.78. The molecule has 0 aliphatic carbocycles. The minimum absolute atomic E-state index is 0.0547. The number of ether oxygens (including phenoxy) is 1. The summed E-state index contributed by atoms with van der Waals surface area (Å²) in [5, 5.41) is 12.6. The molecular weight excluding hydrogens is 280 g/mol. The van der Waals surface area contributed by atoms with E-state index in [1.807, 2.05) is 32.0 Å². The molecule has 0 saturated heterocycles. The lowest BCUT2D eigenvalue weighted by Gasteiger charge is -2.36. The van der Waals surface area contributed by atoms with Crippen molar-refractivity contribution in [1.29, 1.82) is 0 Å². The maximum Gasteiger partial charge on any atom is 0.318 e. The summed E-state index contributed by atoms with van der Waals surface area (Å²) in [7, 11) is 0. The van der Waals surface area contributed by atoms with Crippen molar-refractivity contribution in [2.24, 2.45) is 0 Å². The molecule has 122 valence electrons. The highest BCUT2D eigenvalue weighted by Crippen LogP contribution is 2.29. The first-order valence-corrected chi connectivity index (χ1v) is 7.98. The minimum atomic E-state index is -0.253. The molecule has 1 unspecified atom stereocenters. The topological polar surface area (TPSA) is 61.8 Å². The number of rotatable bonds is 6. The smallest absolute Gasteiger partial charge is 0.318 e. The van der Waals surface area contributed by atoms with Gasteiger partial charge in [-0.15, -0.1) is 0 Å². The number of hydrogen-bond acceptors (Lipinski definition) is 3. The monoisotopic (exact) mass is 306 g/mol. The summed E-state index contributed by atoms with van der Waals surface area (Å²) >= 11 is 0. The number of nitrogens with zero attached hydrogens (tertiary/aromatic N) is 1. The third kappa shape index (κ3) is 4.21. The van der Waals surface area contributed by atoms with E-state index in [2.05, 4.69) is 11.4 Å². The van der Waals surface area contributed by atoms with Gasteiger partial charge in [0.05, 0.1) is 18.8 Å². The lowest BCUT2D eigenvalue weighted by molar-refractivity contribution is 0.0766. The van der Waals surface area contributed by atoms with E-state index in [9.17, 15) is 9.90 Å². The average molecular weight is 306 g/mol. The second kappa shape index (κ2) is 8.15. The van der Waals surface area contributed by atoms with Crippen molar-refractivity contribution in [3.63, 3.8) is 0 Å². The molecule has 5 heteroatoms. The molecule has 0 aromatic heterocycles. The van der Waals surface area contributed by atoms with Gasteiger partial charge in [0.25, 0.3) is 0 Å². The maximum atomic E-state index is 12.3. The summed E-state index contributed by atoms with van der Waals surface area (Å²) in [5.41, 5.74) is 2.27. The van der Waals surface area contributed by atoms with Crippen LogP contribution >= 0.6 is 0 Å². The zero-order chi connectivity index (χ0) is 15.9. The normalized spacial score (nSPS) is 17.5. The van der Waals surface area contributed by atoms with E-state index >= 15 is 0 Å². The molecule has 2 N–H and O–H groups in total. The van der Waals surface area contributed by atoms with Crippen LogP contribution in [0.1, 0.15) is 37.4 Å². The van der Waals surface area contributed by atoms with Gasteiger partial charge >= 0.3 is 6.03 Å². The zero-order valence-corrected chi connectivity index (χ0v) is 13.4. The molecule has 0 radical (unpaired) electrons. The number of benzene rings is 1. The molecule has 1 heterocycles. The van der Waals surface area contributed by atoms with Gasteiger partial charge in [0, 0.05) is 19.7 Å². The van der Waals surface area contributed by atoms with Gasteiger partial charge in [-0.3, -0.25) is 0 Å². The molecule has 0 fully saturated rings. The van der Waals surface area contributed by atoms with E-state index in [1.165, 1.54) is 5.56 Å². The molecule has 2 rings (SSSR count). The lowest BCUT2D eigenvalue weighted by atomic mass is 9.93. The fraction of sp³-hybridized carbons (Fsp3) is 0.588. The Kier molecular flexibility index (Phi) is 6.21. The van der Waals surface area contributed by atoms with Gasteiger partial charge in [-0.05, 0) is 37.8 Å². The number of fused-ring (bicyclic) bond motifs is 1. The summed E-state index contributed by atoms with van der Waals surface area (Å²) in [6, 6.07) is 7.64. The van der Waals surface area contributed by atoms with Crippen LogP contribution < -0.4 is 5.32 Å². The third-order valence-corrected chi connectivity index (χ3v) is 3.89. The summed E-state index contributed by atoms with van der Waals surface area (Å²) < 4.78 is 5.45. The summed E-state index contributed by atoms with van der Waals surface area (Å²) in [6.07, 6.45) is 1.84. The van der Waals surface area contributed by atoms with Gasteiger partial charge in [-0.1, -0.05) is 24.3 Å². The van der Waals surface area contributed by atoms with Crippen molar-refractivity contribution in [2.45, 2.75) is 38.8 Å². The van der Waals surface area contributed by atoms with Crippen LogP contribution in [0.3, 0.4) is 0 Å². The number of amides is 2. The number of hydrogen-bond donors (Lipinski definition) is 2. The van der Waals surface area contributed by atoms with Gasteiger partial charge in [-0.2, -0.15) is 0 Å². The van der Waals surface area contributed by atoms with Gasteiger partial charge in [0.15, 0.2) is 0 Å². The number of carbonyl (C=O) groups excluding carboxylic acids is 1. The molecule has 0 saturated carbocycles. The first kappa shape index (κ1) is 16.8. The van der Waals surface area contributed by atoms with Crippen LogP contribution in [0.5, 0.6) is 0 Å². The van der Waals surface area contributed by atoms with Crippen LogP contribution in [0.2, 0.25) is 0 Å². The van der Waals surface area contributed by atoms with Crippen LogP contribution in [0.4, 0.5) is 4.79 Å². The van der Waals surface area contributed by atoms with Crippen molar-refractivity contribution < 1.29 is 14.6 Å². The van der Waals surface area contributed by atoms with Crippen LogP contribution in [-0.2, 0) is 11.2 Å². The standard InChI is InChI=1S/C17H26N2O3/c1-13(2)22-11-5-9-18-17(21)19-10-8-14-6-3-4-7-15(14)16(19)12-20/h3-4,6-7,13,16,20H,5,8-12H2,1-2H3,(H,18,21). The van der Waals surface area contributed by atoms with Gasteiger partial charge in [0.2, 0.25) is 0 Å². The van der Waals surface area contributed by atoms with E-state index < -0.39 is 0 Å². The molecule has 5 nitrogen and oxygen atoms in total. The first-order chi connectivity index (χ1) is 10.6. The second-order valence-electron chi connectivity index (χ2n) is 5.85. The number of aliphatic hydroxyl groups is 1. The minimum Gasteiger partial charge on any atom is -0.394 e. The molecule has 1 atom stereocenters. The number of aliphatic hydroxyl groups excluding tert-OH is 1. The Morgan fingerprint density at radius 3 is 2.95 bits per heavy atom. The lowest BCUT2D eigenvalue weighted by Crippen LogP contribution is -2.47. The van der Waals surface area contributed by atoms with E-state index in [1.54, 1.807) is 4.90 Å². The number of urea groups is 1. The van der Waals surface area contributed by atoms with E-state index in [4.69, 9.17) is 4.74 Å². The van der Waals surface area contributed by atoms with Gasteiger partial charge in [-0.25, -0.2) is 4.79 Å². The summed E-state index contributed by atoms with van der Waals surface area (Å²) in [4.78, 5) is 14.1. The second-order valence-corrected chi connectivity index (χ2v) is 5.85. The summed E-state index contributed by atoms with van der Waals surface area (Å²) in [5.74, 6) is 0. The highest BCUT2D eigenvalue weighted by Gasteiger charge is 2.29. The molecule has 1 aromatic rings. The molecule has 0 bridgehead atoms. The zero-order valence-electron chi connectivity index (χ0n) is 13.4. The van der Waals surface area contributed by atoms with E-state index in [-0.39, 0.29) is 24.8 Å². The number of carbonyl (C=O) groups is 1.